The molecule has 0 radical (unpaired) electrons. The van der Waals surface area contributed by atoms with Gasteiger partial charge in [-0.15, -0.1) is 0 Å². The van der Waals surface area contributed by atoms with Gasteiger partial charge in [0, 0.05) is 17.8 Å². The lowest BCUT2D eigenvalue weighted by Gasteiger charge is -2.08. The number of carbonyl (C=O) groups excluding carboxylic acids is 3. The largest absolute Gasteiger partial charge is 0.545 e. The summed E-state index contributed by atoms with van der Waals surface area (Å²) in [6.07, 6.45) is -0.0369. The second kappa shape index (κ2) is 7.64. The molecule has 1 aliphatic heterocycles. The van der Waals surface area contributed by atoms with Crippen molar-refractivity contribution < 1.29 is 19.5 Å². The number of amides is 2. The molecule has 3 N–H and O–H groups in total. The van der Waals surface area contributed by atoms with Crippen LogP contribution in [-0.2, 0) is 9.59 Å². The average Bonchev–Trinajstić information content (AvgIpc) is 2.85. The Labute approximate surface area is 142 Å². The van der Waals surface area contributed by atoms with E-state index in [0.29, 0.717) is 16.6 Å². The number of hydrogen-bond donors (Lipinski definition) is 3. The molecule has 2 rings (SSSR count). The molecule has 9 heteroatoms. The number of allylic oxidation sites excluding steroid dienone is 1. The average molecular weight is 347 g/mol. The maximum absolute atomic E-state index is 12.0. The van der Waals surface area contributed by atoms with E-state index in [-0.39, 0.29) is 23.8 Å². The zero-order chi connectivity index (χ0) is 17.7. The van der Waals surface area contributed by atoms with E-state index in [1.807, 2.05) is 0 Å². The number of aromatic carboxylic acids is 1. The Kier molecular flexibility index (Phi) is 5.59. The minimum atomic E-state index is -1.29. The molecule has 1 aliphatic rings. The lowest BCUT2D eigenvalue weighted by atomic mass is 10.2. The summed E-state index contributed by atoms with van der Waals surface area (Å²) >= 11 is 1.14. The Morgan fingerprint density at radius 3 is 2.62 bits per heavy atom. The fourth-order valence-corrected chi connectivity index (χ4v) is 2.74. The second-order valence-electron chi connectivity index (χ2n) is 5.02. The predicted molar refractivity (Wildman–Crippen MR) is 88.9 cm³/mol. The summed E-state index contributed by atoms with van der Waals surface area (Å²) in [6.45, 7) is 5.35. The number of benzene rings is 1. The summed E-state index contributed by atoms with van der Waals surface area (Å²) in [7, 11) is 0. The van der Waals surface area contributed by atoms with E-state index in [4.69, 9.17) is 0 Å². The quantitative estimate of drug-likeness (QED) is 0.623. The minimum Gasteiger partial charge on any atom is -0.545 e. The number of nitrogens with zero attached hydrogens (tertiary/aromatic N) is 1. The second-order valence-corrected chi connectivity index (χ2v) is 6.21. The molecule has 0 aliphatic carbocycles. The van der Waals surface area contributed by atoms with Gasteiger partial charge in [0.1, 0.15) is 5.25 Å². The van der Waals surface area contributed by atoms with Crippen LogP contribution in [0.1, 0.15) is 23.7 Å². The van der Waals surface area contributed by atoms with Gasteiger partial charge in [0.2, 0.25) is 11.8 Å². The van der Waals surface area contributed by atoms with Gasteiger partial charge in [-0.1, -0.05) is 30.5 Å². The van der Waals surface area contributed by atoms with Crippen LogP contribution >= 0.6 is 11.8 Å². The summed E-state index contributed by atoms with van der Waals surface area (Å²) in [5.41, 5.74) is 3.72. The zero-order valence-electron chi connectivity index (χ0n) is 12.8. The van der Waals surface area contributed by atoms with Crippen LogP contribution < -0.4 is 21.2 Å². The monoisotopic (exact) mass is 347 g/mol. The Balaban J connectivity index is 1.90. The van der Waals surface area contributed by atoms with Crippen LogP contribution in [-0.4, -0.2) is 28.2 Å². The minimum absolute atomic E-state index is 0.0181. The molecule has 0 saturated carbocycles. The molecule has 1 aromatic rings. The van der Waals surface area contributed by atoms with Gasteiger partial charge in [-0.05, 0) is 24.6 Å². The number of amidine groups is 1. The molecule has 2 amide bonds. The first-order chi connectivity index (χ1) is 11.3. The van der Waals surface area contributed by atoms with Gasteiger partial charge in [-0.3, -0.25) is 15.0 Å². The highest BCUT2D eigenvalue weighted by Gasteiger charge is 2.32. The molecule has 126 valence electrons. The van der Waals surface area contributed by atoms with E-state index in [0.717, 1.165) is 11.8 Å². The molecule has 0 spiro atoms. The van der Waals surface area contributed by atoms with Crippen LogP contribution in [0.5, 0.6) is 0 Å². The summed E-state index contributed by atoms with van der Waals surface area (Å²) in [5, 5.41) is 19.6. The van der Waals surface area contributed by atoms with Crippen LogP contribution in [0.3, 0.4) is 0 Å². The standard InChI is InChI=1S/C15H16N4O4S/c1-8(2)18-19-15-17-13(21)11(24-15)7-12(20)16-10-5-3-9(4-6-10)14(22)23/h3-6,11,18H,1,7H2,2H3,(H,16,20)(H,22,23)(H,17,19,21)/p-1. The van der Waals surface area contributed by atoms with E-state index in [2.05, 4.69) is 27.7 Å². The molecule has 0 bridgehead atoms. The smallest absolute Gasteiger partial charge is 0.240 e. The fourth-order valence-electron chi connectivity index (χ4n) is 1.81. The number of thioether (sulfide) groups is 1. The van der Waals surface area contributed by atoms with E-state index in [9.17, 15) is 19.5 Å². The summed E-state index contributed by atoms with van der Waals surface area (Å²) in [5.74, 6) is -1.95. The SMILES string of the molecule is C=C(C)NN=C1NC(=O)C(CC(=O)Nc2ccc(C(=O)[O-])cc2)S1. The van der Waals surface area contributed by atoms with Crippen LogP contribution in [0.15, 0.2) is 41.6 Å². The first kappa shape index (κ1) is 17.5. The van der Waals surface area contributed by atoms with Crippen molar-refractivity contribution in [2.24, 2.45) is 5.10 Å². The van der Waals surface area contributed by atoms with Gasteiger partial charge in [-0.25, -0.2) is 0 Å². The van der Waals surface area contributed by atoms with Crippen molar-refractivity contribution in [3.05, 3.63) is 42.1 Å². The Morgan fingerprint density at radius 2 is 2.04 bits per heavy atom. The molecule has 8 nitrogen and oxygen atoms in total. The summed E-state index contributed by atoms with van der Waals surface area (Å²) in [4.78, 5) is 34.5. The number of hydrogen-bond acceptors (Lipinski definition) is 7. The van der Waals surface area contributed by atoms with Crippen molar-refractivity contribution in [3.8, 4) is 0 Å². The number of carboxylic acids is 1. The lowest BCUT2D eigenvalue weighted by Crippen LogP contribution is -2.28. The third kappa shape index (κ3) is 4.85. The Hall–Kier alpha value is -2.81. The fraction of sp³-hybridized carbons (Fsp3) is 0.200. The van der Waals surface area contributed by atoms with E-state index >= 15 is 0 Å². The zero-order valence-corrected chi connectivity index (χ0v) is 13.6. The maximum Gasteiger partial charge on any atom is 0.240 e. The van der Waals surface area contributed by atoms with Crippen molar-refractivity contribution in [1.82, 2.24) is 10.7 Å². The van der Waals surface area contributed by atoms with Gasteiger partial charge in [0.15, 0.2) is 5.17 Å². The third-order valence-corrected chi connectivity index (χ3v) is 3.98. The van der Waals surface area contributed by atoms with Gasteiger partial charge in [0.05, 0.1) is 5.97 Å². The highest BCUT2D eigenvalue weighted by Crippen LogP contribution is 2.22. The third-order valence-electron chi connectivity index (χ3n) is 2.90. The van der Waals surface area contributed by atoms with E-state index in [1.165, 1.54) is 24.3 Å². The van der Waals surface area contributed by atoms with Gasteiger partial charge in [0.25, 0.3) is 0 Å². The van der Waals surface area contributed by atoms with Gasteiger partial charge < -0.3 is 20.5 Å². The summed E-state index contributed by atoms with van der Waals surface area (Å²) < 4.78 is 0. The Bertz CT molecular complexity index is 715. The van der Waals surface area contributed by atoms with Crippen molar-refractivity contribution in [2.45, 2.75) is 18.6 Å². The van der Waals surface area contributed by atoms with Gasteiger partial charge in [-0.2, -0.15) is 5.10 Å². The molecule has 1 fully saturated rings. The van der Waals surface area contributed by atoms with Crippen LogP contribution in [0.4, 0.5) is 5.69 Å². The van der Waals surface area contributed by atoms with Gasteiger partial charge >= 0.3 is 0 Å². The summed E-state index contributed by atoms with van der Waals surface area (Å²) in [6, 6.07) is 5.56. The molecule has 1 unspecified atom stereocenters. The number of anilines is 1. The highest BCUT2D eigenvalue weighted by molar-refractivity contribution is 8.15. The molecular weight excluding hydrogens is 332 g/mol. The van der Waals surface area contributed by atoms with Crippen LogP contribution in [0, 0.1) is 0 Å². The van der Waals surface area contributed by atoms with Crippen LogP contribution in [0.2, 0.25) is 0 Å². The molecular formula is C15H15N4O4S-. The Morgan fingerprint density at radius 1 is 1.38 bits per heavy atom. The predicted octanol–water partition coefficient (Wildman–Crippen LogP) is 0.00450. The normalized spacial score (nSPS) is 18.1. The highest BCUT2D eigenvalue weighted by atomic mass is 32.2. The number of nitrogens with one attached hydrogen (secondary N) is 3. The van der Waals surface area contributed by atoms with Crippen molar-refractivity contribution >= 4 is 40.4 Å². The van der Waals surface area contributed by atoms with Crippen molar-refractivity contribution in [3.63, 3.8) is 0 Å². The van der Waals surface area contributed by atoms with Crippen molar-refractivity contribution in [2.75, 3.05) is 5.32 Å². The lowest BCUT2D eigenvalue weighted by molar-refractivity contribution is -0.255. The maximum atomic E-state index is 12.0. The topological polar surface area (TPSA) is 123 Å². The number of hydrazone groups is 1. The molecule has 1 heterocycles. The molecule has 1 saturated heterocycles. The van der Waals surface area contributed by atoms with E-state index in [1.54, 1.807) is 6.92 Å². The number of carbonyl (C=O) groups is 3. The number of rotatable bonds is 6. The molecule has 24 heavy (non-hydrogen) atoms. The molecule has 0 aromatic heterocycles. The first-order valence-electron chi connectivity index (χ1n) is 6.93. The van der Waals surface area contributed by atoms with E-state index < -0.39 is 11.2 Å². The molecule has 1 atom stereocenters. The van der Waals surface area contributed by atoms with Crippen LogP contribution in [0.25, 0.3) is 0 Å². The molecule has 1 aromatic carbocycles. The first-order valence-corrected chi connectivity index (χ1v) is 7.81. The number of carboxylic acid groups (broad SMARTS) is 1. The van der Waals surface area contributed by atoms with Crippen molar-refractivity contribution in [1.29, 1.82) is 0 Å².